The third-order valence-electron chi connectivity index (χ3n) is 3.56. The van der Waals surface area contributed by atoms with Crippen LogP contribution >= 0.6 is 0 Å². The van der Waals surface area contributed by atoms with Crippen LogP contribution in [0.4, 0.5) is 17.1 Å². The van der Waals surface area contributed by atoms with Gasteiger partial charge < -0.3 is 20.7 Å². The van der Waals surface area contributed by atoms with Gasteiger partial charge in [-0.25, -0.2) is 0 Å². The molecule has 1 aliphatic rings. The van der Waals surface area contributed by atoms with Gasteiger partial charge in [-0.05, 0) is 30.3 Å². The number of carbonyl (C=O) groups excluding carboxylic acids is 1. The van der Waals surface area contributed by atoms with Crippen LogP contribution in [0.5, 0.6) is 0 Å². The van der Waals surface area contributed by atoms with E-state index < -0.39 is 0 Å². The summed E-state index contributed by atoms with van der Waals surface area (Å²) >= 11 is 0. The lowest BCUT2D eigenvalue weighted by molar-refractivity contribution is 0.102. The van der Waals surface area contributed by atoms with Crippen LogP contribution in [0, 0.1) is 0 Å². The van der Waals surface area contributed by atoms with Gasteiger partial charge >= 0.3 is 0 Å². The van der Waals surface area contributed by atoms with Crippen LogP contribution in [0.25, 0.3) is 0 Å². The smallest absolute Gasteiger partial charge is 0.257 e. The zero-order valence-corrected chi connectivity index (χ0v) is 12.2. The van der Waals surface area contributed by atoms with Gasteiger partial charge in [0.25, 0.3) is 5.91 Å². The topological polar surface area (TPSA) is 80.5 Å². The SMILES string of the molecule is Nc1cc(NC(=O)c2cccnc2)ccc1N1CCOCC1. The maximum atomic E-state index is 12.1. The molecule has 0 bridgehead atoms. The second-order valence-electron chi connectivity index (χ2n) is 5.07. The first-order valence-corrected chi connectivity index (χ1v) is 7.17. The lowest BCUT2D eigenvalue weighted by Crippen LogP contribution is -2.36. The molecule has 0 unspecified atom stereocenters. The van der Waals surface area contributed by atoms with E-state index in [4.69, 9.17) is 10.5 Å². The third-order valence-corrected chi connectivity index (χ3v) is 3.56. The highest BCUT2D eigenvalue weighted by molar-refractivity contribution is 6.04. The number of nitrogens with two attached hydrogens (primary N) is 1. The number of amides is 1. The van der Waals surface area contributed by atoms with Crippen LogP contribution in [0.1, 0.15) is 10.4 Å². The Balaban J connectivity index is 1.73. The molecule has 0 saturated carbocycles. The zero-order valence-electron chi connectivity index (χ0n) is 12.2. The molecule has 0 atom stereocenters. The van der Waals surface area contributed by atoms with E-state index in [2.05, 4.69) is 15.2 Å². The van der Waals surface area contributed by atoms with Crippen molar-refractivity contribution in [2.45, 2.75) is 0 Å². The number of ether oxygens (including phenoxy) is 1. The summed E-state index contributed by atoms with van der Waals surface area (Å²) in [4.78, 5) is 18.2. The summed E-state index contributed by atoms with van der Waals surface area (Å²) in [5.74, 6) is -0.202. The van der Waals surface area contributed by atoms with Crippen molar-refractivity contribution in [2.24, 2.45) is 0 Å². The summed E-state index contributed by atoms with van der Waals surface area (Å²) < 4.78 is 5.34. The number of nitrogen functional groups attached to an aromatic ring is 1. The summed E-state index contributed by atoms with van der Waals surface area (Å²) in [7, 11) is 0. The van der Waals surface area contributed by atoms with Crippen LogP contribution in [0.15, 0.2) is 42.7 Å². The standard InChI is InChI=1S/C16H18N4O2/c17-14-10-13(19-16(21)12-2-1-5-18-11-12)3-4-15(14)20-6-8-22-9-7-20/h1-5,10-11H,6-9,17H2,(H,19,21). The molecule has 22 heavy (non-hydrogen) atoms. The molecular weight excluding hydrogens is 280 g/mol. The number of anilines is 3. The molecule has 2 aromatic rings. The number of aromatic nitrogens is 1. The average molecular weight is 298 g/mol. The van der Waals surface area contributed by atoms with Crippen LogP contribution < -0.4 is 16.0 Å². The molecule has 3 rings (SSSR count). The molecule has 3 N–H and O–H groups in total. The first-order chi connectivity index (χ1) is 10.7. The first kappa shape index (κ1) is 14.3. The van der Waals surface area contributed by atoms with Crippen molar-refractivity contribution in [1.82, 2.24) is 4.98 Å². The van der Waals surface area contributed by atoms with E-state index in [0.29, 0.717) is 30.2 Å². The van der Waals surface area contributed by atoms with Gasteiger partial charge in [-0.2, -0.15) is 0 Å². The summed E-state index contributed by atoms with van der Waals surface area (Å²) in [6.45, 7) is 3.06. The van der Waals surface area contributed by atoms with Crippen molar-refractivity contribution in [2.75, 3.05) is 42.3 Å². The van der Waals surface area contributed by atoms with Crippen LogP contribution in [0.3, 0.4) is 0 Å². The summed E-state index contributed by atoms with van der Waals surface area (Å²) in [5, 5.41) is 2.83. The van der Waals surface area contributed by atoms with Crippen molar-refractivity contribution in [3.8, 4) is 0 Å². The molecular formula is C16H18N4O2. The largest absolute Gasteiger partial charge is 0.397 e. The van der Waals surface area contributed by atoms with Gasteiger partial charge in [0.15, 0.2) is 0 Å². The molecule has 2 heterocycles. The Bertz CT molecular complexity index is 654. The molecule has 1 aromatic carbocycles. The molecule has 1 saturated heterocycles. The number of hydrogen-bond acceptors (Lipinski definition) is 5. The predicted molar refractivity (Wildman–Crippen MR) is 86.1 cm³/mol. The molecule has 0 radical (unpaired) electrons. The van der Waals surface area contributed by atoms with E-state index in [0.717, 1.165) is 18.8 Å². The number of carbonyl (C=O) groups is 1. The van der Waals surface area contributed by atoms with Gasteiger partial charge in [0.2, 0.25) is 0 Å². The molecule has 6 heteroatoms. The van der Waals surface area contributed by atoms with Crippen LogP contribution in [0.2, 0.25) is 0 Å². The summed E-state index contributed by atoms with van der Waals surface area (Å²) in [6.07, 6.45) is 3.16. The number of nitrogens with one attached hydrogen (secondary N) is 1. The average Bonchev–Trinajstić information content (AvgIpc) is 2.56. The minimum Gasteiger partial charge on any atom is -0.397 e. The van der Waals surface area contributed by atoms with E-state index in [1.165, 1.54) is 6.20 Å². The van der Waals surface area contributed by atoms with Gasteiger partial charge in [0.05, 0.1) is 30.2 Å². The Morgan fingerprint density at radius 1 is 1.27 bits per heavy atom. The highest BCUT2D eigenvalue weighted by Crippen LogP contribution is 2.27. The predicted octanol–water partition coefficient (Wildman–Crippen LogP) is 1.75. The van der Waals surface area contributed by atoms with E-state index in [1.807, 2.05) is 12.1 Å². The molecule has 6 nitrogen and oxygen atoms in total. The van der Waals surface area contributed by atoms with Crippen LogP contribution in [-0.4, -0.2) is 37.2 Å². The molecule has 0 spiro atoms. The van der Waals surface area contributed by atoms with Crippen LogP contribution in [-0.2, 0) is 4.74 Å². The Morgan fingerprint density at radius 2 is 2.09 bits per heavy atom. The number of hydrogen-bond donors (Lipinski definition) is 2. The second-order valence-corrected chi connectivity index (χ2v) is 5.07. The number of nitrogens with zero attached hydrogens (tertiary/aromatic N) is 2. The fraction of sp³-hybridized carbons (Fsp3) is 0.250. The van der Waals surface area contributed by atoms with Gasteiger partial charge in [-0.15, -0.1) is 0 Å². The van der Waals surface area contributed by atoms with E-state index in [-0.39, 0.29) is 5.91 Å². The highest BCUT2D eigenvalue weighted by Gasteiger charge is 2.14. The number of pyridine rings is 1. The number of morpholine rings is 1. The molecule has 1 aromatic heterocycles. The molecule has 1 aliphatic heterocycles. The Morgan fingerprint density at radius 3 is 2.77 bits per heavy atom. The van der Waals surface area contributed by atoms with E-state index in [1.54, 1.807) is 24.4 Å². The van der Waals surface area contributed by atoms with Gasteiger partial charge in [-0.1, -0.05) is 0 Å². The first-order valence-electron chi connectivity index (χ1n) is 7.17. The summed E-state index contributed by atoms with van der Waals surface area (Å²) in [5.41, 5.74) is 8.92. The van der Waals surface area contributed by atoms with Gasteiger partial charge in [0, 0.05) is 31.2 Å². The van der Waals surface area contributed by atoms with Crippen molar-refractivity contribution in [3.63, 3.8) is 0 Å². The Labute approximate surface area is 128 Å². The monoisotopic (exact) mass is 298 g/mol. The molecule has 1 amide bonds. The van der Waals surface area contributed by atoms with Crippen molar-refractivity contribution >= 4 is 23.0 Å². The lowest BCUT2D eigenvalue weighted by Gasteiger charge is -2.30. The molecule has 0 aliphatic carbocycles. The van der Waals surface area contributed by atoms with E-state index in [9.17, 15) is 4.79 Å². The van der Waals surface area contributed by atoms with Crippen molar-refractivity contribution < 1.29 is 9.53 Å². The lowest BCUT2D eigenvalue weighted by atomic mass is 10.2. The van der Waals surface area contributed by atoms with Crippen molar-refractivity contribution in [1.29, 1.82) is 0 Å². The minimum absolute atomic E-state index is 0.202. The Kier molecular flexibility index (Phi) is 4.20. The minimum atomic E-state index is -0.202. The molecule has 114 valence electrons. The van der Waals surface area contributed by atoms with Crippen molar-refractivity contribution in [3.05, 3.63) is 48.3 Å². The van der Waals surface area contributed by atoms with Gasteiger partial charge in [-0.3, -0.25) is 9.78 Å². The summed E-state index contributed by atoms with van der Waals surface area (Å²) in [6, 6.07) is 9.01. The van der Waals surface area contributed by atoms with E-state index >= 15 is 0 Å². The number of rotatable bonds is 3. The number of benzene rings is 1. The Hall–Kier alpha value is -2.60. The zero-order chi connectivity index (χ0) is 15.4. The normalized spacial score (nSPS) is 14.6. The molecule has 1 fully saturated rings. The highest BCUT2D eigenvalue weighted by atomic mass is 16.5. The quantitative estimate of drug-likeness (QED) is 0.844. The second kappa shape index (κ2) is 6.44. The third kappa shape index (κ3) is 3.17. The fourth-order valence-electron chi connectivity index (χ4n) is 2.42. The fourth-order valence-corrected chi connectivity index (χ4v) is 2.42. The maximum Gasteiger partial charge on any atom is 0.257 e. The maximum absolute atomic E-state index is 12.1. The van der Waals surface area contributed by atoms with Gasteiger partial charge in [0.1, 0.15) is 0 Å².